The molecule has 0 heterocycles. The van der Waals surface area contributed by atoms with Crippen molar-refractivity contribution in [3.05, 3.63) is 0 Å². The molecular formula is C13H22O. The molecule has 2 aliphatic rings. The maximum absolute atomic E-state index is 10.9. The molecule has 0 N–H and O–H groups in total. The summed E-state index contributed by atoms with van der Waals surface area (Å²) in [5.74, 6) is 1.80. The number of hydrogen-bond acceptors (Lipinski definition) is 1. The van der Waals surface area contributed by atoms with Gasteiger partial charge in [0.2, 0.25) is 0 Å². The first-order chi connectivity index (χ1) is 6.67. The Kier molecular flexibility index (Phi) is 2.68. The Morgan fingerprint density at radius 2 is 2.00 bits per heavy atom. The summed E-state index contributed by atoms with van der Waals surface area (Å²) in [7, 11) is 0. The van der Waals surface area contributed by atoms with Crippen molar-refractivity contribution < 1.29 is 4.79 Å². The summed E-state index contributed by atoms with van der Waals surface area (Å²) in [6, 6.07) is 0. The van der Waals surface area contributed by atoms with Gasteiger partial charge in [-0.05, 0) is 42.9 Å². The summed E-state index contributed by atoms with van der Waals surface area (Å²) in [5, 5.41) is 0. The molecule has 4 unspecified atom stereocenters. The van der Waals surface area contributed by atoms with E-state index in [0.29, 0.717) is 17.3 Å². The first-order valence-corrected chi connectivity index (χ1v) is 6.13. The highest BCUT2D eigenvalue weighted by Gasteiger charge is 2.45. The van der Waals surface area contributed by atoms with E-state index in [-0.39, 0.29) is 0 Å². The van der Waals surface area contributed by atoms with Crippen LogP contribution in [-0.4, -0.2) is 6.29 Å². The van der Waals surface area contributed by atoms with Gasteiger partial charge >= 0.3 is 0 Å². The normalized spacial score (nSPS) is 48.3. The van der Waals surface area contributed by atoms with Crippen LogP contribution < -0.4 is 0 Å². The largest absolute Gasteiger partial charge is 0.303 e. The molecule has 80 valence electrons. The molecule has 2 fully saturated rings. The van der Waals surface area contributed by atoms with Crippen LogP contribution in [0.15, 0.2) is 0 Å². The van der Waals surface area contributed by atoms with Crippen LogP contribution in [0.2, 0.25) is 0 Å². The molecule has 0 spiro atoms. The lowest BCUT2D eigenvalue weighted by molar-refractivity contribution is -0.117. The van der Waals surface area contributed by atoms with Crippen LogP contribution in [0, 0.1) is 23.2 Å². The highest BCUT2D eigenvalue weighted by Crippen LogP contribution is 2.53. The second-order valence-electron chi connectivity index (χ2n) is 5.70. The van der Waals surface area contributed by atoms with Gasteiger partial charge in [0.25, 0.3) is 0 Å². The second kappa shape index (κ2) is 3.67. The molecule has 4 atom stereocenters. The zero-order valence-corrected chi connectivity index (χ0v) is 9.46. The van der Waals surface area contributed by atoms with Gasteiger partial charge in [-0.1, -0.05) is 26.7 Å². The molecule has 0 amide bonds. The molecule has 0 bridgehead atoms. The van der Waals surface area contributed by atoms with Crippen molar-refractivity contribution in [1.29, 1.82) is 0 Å². The average molecular weight is 194 g/mol. The van der Waals surface area contributed by atoms with Crippen molar-refractivity contribution in [1.82, 2.24) is 0 Å². The Morgan fingerprint density at radius 1 is 1.21 bits per heavy atom. The lowest BCUT2D eigenvalue weighted by Gasteiger charge is -2.50. The lowest BCUT2D eigenvalue weighted by atomic mass is 9.54. The Morgan fingerprint density at radius 3 is 2.71 bits per heavy atom. The van der Waals surface area contributed by atoms with Gasteiger partial charge in [0.05, 0.1) is 0 Å². The highest BCUT2D eigenvalue weighted by molar-refractivity contribution is 5.54. The molecule has 0 aliphatic heterocycles. The summed E-state index contributed by atoms with van der Waals surface area (Å²) in [4.78, 5) is 10.9. The monoisotopic (exact) mass is 194 g/mol. The fraction of sp³-hybridized carbons (Fsp3) is 0.923. The number of aldehydes is 1. The zero-order chi connectivity index (χ0) is 10.2. The van der Waals surface area contributed by atoms with Crippen LogP contribution in [0.4, 0.5) is 0 Å². The fourth-order valence-corrected chi connectivity index (χ4v) is 3.88. The Hall–Kier alpha value is -0.330. The van der Waals surface area contributed by atoms with Crippen LogP contribution in [0.25, 0.3) is 0 Å². The summed E-state index contributed by atoms with van der Waals surface area (Å²) in [5.41, 5.74) is 0.567. The zero-order valence-electron chi connectivity index (χ0n) is 9.46. The maximum atomic E-state index is 10.9. The van der Waals surface area contributed by atoms with E-state index in [2.05, 4.69) is 13.8 Å². The van der Waals surface area contributed by atoms with Gasteiger partial charge in [0.15, 0.2) is 0 Å². The molecule has 1 nitrogen and oxygen atoms in total. The summed E-state index contributed by atoms with van der Waals surface area (Å²) in [6.45, 7) is 4.75. The third-order valence-electron chi connectivity index (χ3n) is 4.94. The molecule has 0 aromatic heterocycles. The number of carbonyl (C=O) groups excluding carboxylic acids is 1. The van der Waals surface area contributed by atoms with Crippen LogP contribution in [0.1, 0.15) is 52.4 Å². The first-order valence-electron chi connectivity index (χ1n) is 6.13. The number of hydrogen-bond donors (Lipinski definition) is 0. The fourth-order valence-electron chi connectivity index (χ4n) is 3.88. The van der Waals surface area contributed by atoms with Crippen molar-refractivity contribution >= 4 is 6.29 Å². The van der Waals surface area contributed by atoms with Crippen LogP contribution in [-0.2, 0) is 4.79 Å². The predicted octanol–water partition coefficient (Wildman–Crippen LogP) is 3.43. The Labute approximate surface area is 87.3 Å². The minimum Gasteiger partial charge on any atom is -0.303 e. The standard InChI is InChI=1S/C13H22O/c1-10-11(9-14)6-8-13(2)7-4-3-5-12(10)13/h9-12H,3-8H2,1-2H3. The number of carbonyl (C=O) groups is 1. The highest BCUT2D eigenvalue weighted by atomic mass is 16.1. The van der Waals surface area contributed by atoms with E-state index in [1.807, 2.05) is 0 Å². The molecule has 2 saturated carbocycles. The van der Waals surface area contributed by atoms with Crippen molar-refractivity contribution in [2.75, 3.05) is 0 Å². The lowest BCUT2D eigenvalue weighted by Crippen LogP contribution is -2.42. The van der Waals surface area contributed by atoms with E-state index < -0.39 is 0 Å². The van der Waals surface area contributed by atoms with Crippen molar-refractivity contribution in [3.8, 4) is 0 Å². The van der Waals surface area contributed by atoms with Gasteiger partial charge in [-0.2, -0.15) is 0 Å². The molecular weight excluding hydrogens is 172 g/mol. The Bertz CT molecular complexity index is 223. The quantitative estimate of drug-likeness (QED) is 0.584. The first kappa shape index (κ1) is 10.2. The van der Waals surface area contributed by atoms with Crippen molar-refractivity contribution in [2.45, 2.75) is 52.4 Å². The van der Waals surface area contributed by atoms with E-state index in [4.69, 9.17) is 0 Å². The molecule has 0 aromatic carbocycles. The van der Waals surface area contributed by atoms with Gasteiger partial charge in [0, 0.05) is 5.92 Å². The van der Waals surface area contributed by atoms with Gasteiger partial charge in [0.1, 0.15) is 6.29 Å². The summed E-state index contributed by atoms with van der Waals surface area (Å²) in [6.07, 6.45) is 9.18. The topological polar surface area (TPSA) is 17.1 Å². The summed E-state index contributed by atoms with van der Waals surface area (Å²) < 4.78 is 0. The van der Waals surface area contributed by atoms with Crippen LogP contribution >= 0.6 is 0 Å². The second-order valence-corrected chi connectivity index (χ2v) is 5.70. The molecule has 14 heavy (non-hydrogen) atoms. The molecule has 2 rings (SSSR count). The molecule has 0 radical (unpaired) electrons. The molecule has 2 aliphatic carbocycles. The predicted molar refractivity (Wildman–Crippen MR) is 58.0 cm³/mol. The third-order valence-corrected chi connectivity index (χ3v) is 4.94. The number of fused-ring (bicyclic) bond motifs is 1. The van der Waals surface area contributed by atoms with Crippen molar-refractivity contribution in [3.63, 3.8) is 0 Å². The third kappa shape index (κ3) is 1.51. The van der Waals surface area contributed by atoms with Crippen LogP contribution in [0.5, 0.6) is 0 Å². The average Bonchev–Trinajstić information content (AvgIpc) is 2.18. The smallest absolute Gasteiger partial charge is 0.123 e. The van der Waals surface area contributed by atoms with E-state index >= 15 is 0 Å². The van der Waals surface area contributed by atoms with E-state index in [1.165, 1.54) is 38.4 Å². The Balaban J connectivity index is 2.15. The van der Waals surface area contributed by atoms with Gasteiger partial charge in [-0.25, -0.2) is 0 Å². The SMILES string of the molecule is CC1C(C=O)CCC2(C)CCCCC12. The van der Waals surface area contributed by atoms with E-state index in [9.17, 15) is 4.79 Å². The van der Waals surface area contributed by atoms with Crippen molar-refractivity contribution in [2.24, 2.45) is 23.2 Å². The van der Waals surface area contributed by atoms with E-state index in [0.717, 1.165) is 12.3 Å². The molecule has 0 aromatic rings. The minimum atomic E-state index is 0.353. The van der Waals surface area contributed by atoms with Gasteiger partial charge in [-0.15, -0.1) is 0 Å². The van der Waals surface area contributed by atoms with E-state index in [1.54, 1.807) is 0 Å². The van der Waals surface area contributed by atoms with Gasteiger partial charge in [-0.3, -0.25) is 0 Å². The minimum absolute atomic E-state index is 0.353. The van der Waals surface area contributed by atoms with Crippen LogP contribution in [0.3, 0.4) is 0 Å². The number of rotatable bonds is 1. The molecule has 0 saturated heterocycles. The maximum Gasteiger partial charge on any atom is 0.123 e. The summed E-state index contributed by atoms with van der Waals surface area (Å²) >= 11 is 0. The molecule has 1 heteroatoms. The van der Waals surface area contributed by atoms with Gasteiger partial charge < -0.3 is 4.79 Å².